The van der Waals surface area contributed by atoms with E-state index < -0.39 is 0 Å². The molecule has 0 saturated heterocycles. The standard InChI is InChI=1S/C16H15ClN2O/c1-11-6-7-12-4-2-3-5-15(12)19(11)16(20)13-8-9-18-10-14(13)17/h2-5,8-11H,6-7H2,1H3. The second kappa shape index (κ2) is 5.25. The quantitative estimate of drug-likeness (QED) is 0.800. The first-order valence-electron chi connectivity index (χ1n) is 6.69. The Kier molecular flexibility index (Phi) is 3.45. The van der Waals surface area contributed by atoms with Crippen LogP contribution in [0.3, 0.4) is 0 Å². The fourth-order valence-electron chi connectivity index (χ4n) is 2.68. The van der Waals surface area contributed by atoms with Crippen molar-refractivity contribution >= 4 is 23.2 Å². The van der Waals surface area contributed by atoms with Crippen molar-refractivity contribution in [3.05, 3.63) is 58.9 Å². The van der Waals surface area contributed by atoms with Gasteiger partial charge in [-0.05, 0) is 37.5 Å². The van der Waals surface area contributed by atoms with Crippen molar-refractivity contribution in [2.45, 2.75) is 25.8 Å². The molecule has 0 N–H and O–H groups in total. The van der Waals surface area contributed by atoms with Gasteiger partial charge in [-0.3, -0.25) is 9.78 Å². The van der Waals surface area contributed by atoms with Gasteiger partial charge in [0.2, 0.25) is 0 Å². The van der Waals surface area contributed by atoms with Gasteiger partial charge in [-0.2, -0.15) is 0 Å². The van der Waals surface area contributed by atoms with E-state index in [1.165, 1.54) is 11.8 Å². The zero-order chi connectivity index (χ0) is 14.1. The van der Waals surface area contributed by atoms with Gasteiger partial charge < -0.3 is 4.90 Å². The van der Waals surface area contributed by atoms with Crippen LogP contribution in [0.5, 0.6) is 0 Å². The Morgan fingerprint density at radius 1 is 1.35 bits per heavy atom. The minimum atomic E-state index is -0.0583. The molecule has 2 heterocycles. The number of nitrogens with zero attached hydrogens (tertiary/aromatic N) is 2. The van der Waals surface area contributed by atoms with E-state index >= 15 is 0 Å². The lowest BCUT2D eigenvalue weighted by molar-refractivity contribution is 0.0975. The van der Waals surface area contributed by atoms with Crippen LogP contribution in [-0.4, -0.2) is 16.9 Å². The molecule has 0 spiro atoms. The van der Waals surface area contributed by atoms with E-state index in [0.29, 0.717) is 10.6 Å². The van der Waals surface area contributed by atoms with Gasteiger partial charge in [0.25, 0.3) is 5.91 Å². The third kappa shape index (κ3) is 2.18. The van der Waals surface area contributed by atoms with Gasteiger partial charge in [0.15, 0.2) is 0 Å². The van der Waals surface area contributed by atoms with Crippen molar-refractivity contribution in [1.82, 2.24) is 4.98 Å². The van der Waals surface area contributed by atoms with Crippen LogP contribution in [0.25, 0.3) is 0 Å². The molecule has 1 aliphatic rings. The molecule has 1 aliphatic heterocycles. The predicted molar refractivity (Wildman–Crippen MR) is 80.3 cm³/mol. The predicted octanol–water partition coefficient (Wildman–Crippen LogP) is 3.72. The summed E-state index contributed by atoms with van der Waals surface area (Å²) in [6.45, 7) is 2.07. The number of hydrogen-bond acceptors (Lipinski definition) is 2. The smallest absolute Gasteiger partial charge is 0.260 e. The molecule has 3 nitrogen and oxygen atoms in total. The number of amides is 1. The number of fused-ring (bicyclic) bond motifs is 1. The van der Waals surface area contributed by atoms with Crippen LogP contribution in [0.4, 0.5) is 5.69 Å². The zero-order valence-corrected chi connectivity index (χ0v) is 12.0. The molecule has 0 fully saturated rings. The van der Waals surface area contributed by atoms with Crippen LogP contribution in [0.1, 0.15) is 29.3 Å². The van der Waals surface area contributed by atoms with Gasteiger partial charge in [0.05, 0.1) is 10.6 Å². The second-order valence-electron chi connectivity index (χ2n) is 5.05. The number of para-hydroxylation sites is 1. The van der Waals surface area contributed by atoms with Gasteiger partial charge >= 0.3 is 0 Å². The van der Waals surface area contributed by atoms with E-state index in [1.54, 1.807) is 12.3 Å². The van der Waals surface area contributed by atoms with Gasteiger partial charge in [-0.1, -0.05) is 29.8 Å². The molecule has 20 heavy (non-hydrogen) atoms. The fourth-order valence-corrected chi connectivity index (χ4v) is 2.88. The normalized spacial score (nSPS) is 17.7. The lowest BCUT2D eigenvalue weighted by Gasteiger charge is -2.35. The summed E-state index contributed by atoms with van der Waals surface area (Å²) in [7, 11) is 0. The van der Waals surface area contributed by atoms with Gasteiger partial charge in [0, 0.05) is 24.1 Å². The van der Waals surface area contributed by atoms with Crippen molar-refractivity contribution in [3.63, 3.8) is 0 Å². The van der Waals surface area contributed by atoms with E-state index in [-0.39, 0.29) is 11.9 Å². The lowest BCUT2D eigenvalue weighted by atomic mass is 9.96. The van der Waals surface area contributed by atoms with Crippen molar-refractivity contribution in [2.75, 3.05) is 4.90 Å². The molecule has 1 amide bonds. The number of hydrogen-bond donors (Lipinski definition) is 0. The van der Waals surface area contributed by atoms with Gasteiger partial charge in [-0.15, -0.1) is 0 Å². The summed E-state index contributed by atoms with van der Waals surface area (Å²) in [5.74, 6) is -0.0583. The molecule has 2 aromatic rings. The Morgan fingerprint density at radius 2 is 2.15 bits per heavy atom. The number of aryl methyl sites for hydroxylation is 1. The molecule has 1 unspecified atom stereocenters. The Balaban J connectivity index is 2.05. The number of rotatable bonds is 1. The topological polar surface area (TPSA) is 33.2 Å². The third-order valence-electron chi connectivity index (χ3n) is 3.75. The summed E-state index contributed by atoms with van der Waals surface area (Å²) in [5, 5.41) is 0.396. The summed E-state index contributed by atoms with van der Waals surface area (Å²) < 4.78 is 0. The number of carbonyl (C=O) groups excluding carboxylic acids is 1. The lowest BCUT2D eigenvalue weighted by Crippen LogP contribution is -2.42. The van der Waals surface area contributed by atoms with Crippen LogP contribution >= 0.6 is 11.6 Å². The molecular formula is C16H15ClN2O. The molecule has 102 valence electrons. The molecule has 1 atom stereocenters. The highest BCUT2D eigenvalue weighted by Gasteiger charge is 2.29. The second-order valence-corrected chi connectivity index (χ2v) is 5.45. The SMILES string of the molecule is CC1CCc2ccccc2N1C(=O)c1ccncc1Cl. The number of pyridine rings is 1. The Morgan fingerprint density at radius 3 is 2.95 bits per heavy atom. The number of benzene rings is 1. The van der Waals surface area contributed by atoms with E-state index in [4.69, 9.17) is 11.6 Å². The zero-order valence-electron chi connectivity index (χ0n) is 11.2. The molecule has 1 aromatic carbocycles. The Bertz CT molecular complexity index is 656. The van der Waals surface area contributed by atoms with Crippen LogP contribution in [0, 0.1) is 0 Å². The minimum absolute atomic E-state index is 0.0583. The average Bonchev–Trinajstić information content (AvgIpc) is 2.47. The first-order chi connectivity index (χ1) is 9.68. The highest BCUT2D eigenvalue weighted by atomic mass is 35.5. The maximum Gasteiger partial charge on any atom is 0.260 e. The number of anilines is 1. The van der Waals surface area contributed by atoms with E-state index in [1.807, 2.05) is 23.1 Å². The summed E-state index contributed by atoms with van der Waals surface area (Å²) in [5.41, 5.74) is 2.71. The monoisotopic (exact) mass is 286 g/mol. The molecule has 3 rings (SSSR count). The van der Waals surface area contributed by atoms with Gasteiger partial charge in [0.1, 0.15) is 0 Å². The minimum Gasteiger partial charge on any atom is -0.305 e. The first kappa shape index (κ1) is 13.1. The van der Waals surface area contributed by atoms with E-state index in [9.17, 15) is 4.79 Å². The highest BCUT2D eigenvalue weighted by molar-refractivity contribution is 6.34. The van der Waals surface area contributed by atoms with Crippen LogP contribution in [-0.2, 0) is 6.42 Å². The van der Waals surface area contributed by atoms with Crippen LogP contribution in [0.2, 0.25) is 5.02 Å². The van der Waals surface area contributed by atoms with Crippen molar-refractivity contribution in [1.29, 1.82) is 0 Å². The highest BCUT2D eigenvalue weighted by Crippen LogP contribution is 2.32. The average molecular weight is 287 g/mol. The van der Waals surface area contributed by atoms with E-state index in [0.717, 1.165) is 18.5 Å². The molecular weight excluding hydrogens is 272 g/mol. The molecule has 0 saturated carbocycles. The summed E-state index contributed by atoms with van der Waals surface area (Å²) in [6.07, 6.45) is 5.07. The van der Waals surface area contributed by atoms with Crippen LogP contribution in [0.15, 0.2) is 42.7 Å². The summed E-state index contributed by atoms with van der Waals surface area (Å²) in [6, 6.07) is 9.89. The first-order valence-corrected chi connectivity index (χ1v) is 7.07. The van der Waals surface area contributed by atoms with Crippen LogP contribution < -0.4 is 4.90 Å². The molecule has 0 bridgehead atoms. The van der Waals surface area contributed by atoms with Crippen molar-refractivity contribution < 1.29 is 4.79 Å². The molecule has 1 aromatic heterocycles. The van der Waals surface area contributed by atoms with Crippen molar-refractivity contribution in [2.24, 2.45) is 0 Å². The number of aromatic nitrogens is 1. The van der Waals surface area contributed by atoms with Crippen molar-refractivity contribution in [3.8, 4) is 0 Å². The molecule has 4 heteroatoms. The molecule has 0 radical (unpaired) electrons. The summed E-state index contributed by atoms with van der Waals surface area (Å²) in [4.78, 5) is 18.6. The van der Waals surface area contributed by atoms with E-state index in [2.05, 4.69) is 18.0 Å². The Labute approximate surface area is 123 Å². The third-order valence-corrected chi connectivity index (χ3v) is 4.05. The fraction of sp³-hybridized carbons (Fsp3) is 0.250. The molecule has 0 aliphatic carbocycles. The largest absolute Gasteiger partial charge is 0.305 e. The summed E-state index contributed by atoms with van der Waals surface area (Å²) >= 11 is 6.10. The van der Waals surface area contributed by atoms with Gasteiger partial charge in [-0.25, -0.2) is 0 Å². The maximum atomic E-state index is 12.8. The Hall–Kier alpha value is -1.87. The number of carbonyl (C=O) groups is 1. The number of halogens is 1. The maximum absolute atomic E-state index is 12.8.